The highest BCUT2D eigenvalue weighted by atomic mass is 32.3. The number of nitrogens with two attached hydrogens (primary N) is 1. The van der Waals surface area contributed by atoms with Gasteiger partial charge in [-0.05, 0) is 6.08 Å². The van der Waals surface area contributed by atoms with E-state index >= 15 is 0 Å². The summed E-state index contributed by atoms with van der Waals surface area (Å²) in [4.78, 5) is 11.2. The van der Waals surface area contributed by atoms with E-state index in [9.17, 15) is 40.3 Å². The summed E-state index contributed by atoms with van der Waals surface area (Å²) in [5, 5.41) is 29.2. The van der Waals surface area contributed by atoms with Gasteiger partial charge in [0.2, 0.25) is 5.76 Å². The average Bonchev–Trinajstić information content (AvgIpc) is 2.68. The molecule has 8 atom stereocenters. The molecule has 210 valence electrons. The Kier molecular flexibility index (Phi) is 9.73. The fourth-order valence-corrected chi connectivity index (χ4v) is 4.48. The van der Waals surface area contributed by atoms with Crippen molar-refractivity contribution in [1.29, 1.82) is 0 Å². The van der Waals surface area contributed by atoms with Gasteiger partial charge in [-0.2, -0.15) is 25.3 Å². The molecule has 8 N–H and O–H groups in total. The predicted molar refractivity (Wildman–Crippen MR) is 106 cm³/mol. The third-order valence-corrected chi connectivity index (χ3v) is 5.89. The van der Waals surface area contributed by atoms with Gasteiger partial charge in [0.1, 0.15) is 30.5 Å². The number of aliphatic hydroxyl groups excluding tert-OH is 2. The van der Waals surface area contributed by atoms with Gasteiger partial charge >= 0.3 is 37.2 Å². The molecule has 2 rings (SSSR count). The Morgan fingerprint density at radius 1 is 0.889 bits per heavy atom. The Hall–Kier alpha value is -1.58. The van der Waals surface area contributed by atoms with Crippen LogP contribution in [0.5, 0.6) is 0 Å². The average molecular weight is 592 g/mol. The fraction of sp³-hybridized carbons (Fsp3) is 0.769. The van der Waals surface area contributed by atoms with Gasteiger partial charge in [0.05, 0.1) is 19.3 Å². The molecule has 0 aliphatic carbocycles. The molecule has 2 heterocycles. The zero-order valence-corrected chi connectivity index (χ0v) is 19.9. The van der Waals surface area contributed by atoms with Crippen LogP contribution < -0.4 is 5.73 Å². The van der Waals surface area contributed by atoms with E-state index < -0.39 is 105 Å². The van der Waals surface area contributed by atoms with Gasteiger partial charge in [0.15, 0.2) is 12.4 Å². The van der Waals surface area contributed by atoms with Crippen LogP contribution in [0, 0.1) is 0 Å². The molecule has 0 aromatic carbocycles. The lowest BCUT2D eigenvalue weighted by Gasteiger charge is -2.43. The Bertz CT molecular complexity index is 1150. The lowest BCUT2D eigenvalue weighted by atomic mass is 9.97. The quantitative estimate of drug-likeness (QED) is 0.111. The summed E-state index contributed by atoms with van der Waals surface area (Å²) < 4.78 is 121. The van der Waals surface area contributed by atoms with E-state index in [1.807, 2.05) is 0 Å². The second-order valence-corrected chi connectivity index (χ2v) is 10.3. The maximum atomic E-state index is 11.3. The van der Waals surface area contributed by atoms with Gasteiger partial charge in [0, 0.05) is 0 Å². The first kappa shape index (κ1) is 30.6. The van der Waals surface area contributed by atoms with Crippen molar-refractivity contribution in [3.05, 3.63) is 11.8 Å². The topological polar surface area (TPSA) is 322 Å². The van der Waals surface area contributed by atoms with Crippen LogP contribution >= 0.6 is 0 Å². The minimum Gasteiger partial charge on any atom is -0.478 e. The summed E-state index contributed by atoms with van der Waals surface area (Å²) >= 11 is 0. The SMILES string of the molecule is N[C@H]1C(O)O[C@H](COS(=O)(=O)O)[C@H](OS(=O)(=O)O)[C@@H]1OC[C@@H]1OC(C(=O)O)=C[C@H](O)[C@H]1OS(=O)(=O)O. The Morgan fingerprint density at radius 3 is 1.94 bits per heavy atom. The van der Waals surface area contributed by atoms with Crippen molar-refractivity contribution in [2.24, 2.45) is 5.73 Å². The molecule has 1 saturated heterocycles. The van der Waals surface area contributed by atoms with Crippen molar-refractivity contribution in [2.75, 3.05) is 13.2 Å². The molecule has 2 aliphatic rings. The minimum atomic E-state index is -5.35. The van der Waals surface area contributed by atoms with Crippen LogP contribution in [0.4, 0.5) is 0 Å². The summed E-state index contributed by atoms with van der Waals surface area (Å²) in [6.45, 7) is -2.22. The third-order valence-electron chi connectivity index (χ3n) is 4.53. The molecule has 0 amide bonds. The molecule has 0 saturated carbocycles. The summed E-state index contributed by atoms with van der Waals surface area (Å²) in [6, 6.07) is -1.73. The molecule has 0 aromatic heterocycles. The van der Waals surface area contributed by atoms with Crippen LogP contribution in [-0.4, -0.2) is 122 Å². The first-order valence-corrected chi connectivity index (χ1v) is 13.3. The number of carboxylic acids is 1. The second-order valence-electron chi connectivity index (χ2n) is 7.11. The van der Waals surface area contributed by atoms with Crippen molar-refractivity contribution >= 4 is 37.2 Å². The zero-order chi connectivity index (χ0) is 27.6. The summed E-state index contributed by atoms with van der Waals surface area (Å²) in [6.07, 6.45) is -13.3. The smallest absolute Gasteiger partial charge is 0.397 e. The molecule has 2 aliphatic heterocycles. The van der Waals surface area contributed by atoms with Crippen LogP contribution in [0.1, 0.15) is 0 Å². The van der Waals surface area contributed by atoms with E-state index in [1.54, 1.807) is 0 Å². The van der Waals surface area contributed by atoms with Gasteiger partial charge in [-0.1, -0.05) is 0 Å². The van der Waals surface area contributed by atoms with Crippen LogP contribution in [0.2, 0.25) is 0 Å². The number of rotatable bonds is 11. The molecule has 1 fully saturated rings. The Labute approximate surface area is 202 Å². The summed E-state index contributed by atoms with van der Waals surface area (Å²) in [5.74, 6) is -2.63. The van der Waals surface area contributed by atoms with Crippen molar-refractivity contribution in [1.82, 2.24) is 0 Å². The number of aliphatic hydroxyl groups is 2. The maximum absolute atomic E-state index is 11.3. The number of hydrogen-bond donors (Lipinski definition) is 7. The highest BCUT2D eigenvalue weighted by molar-refractivity contribution is 7.81. The fourth-order valence-electron chi connectivity index (χ4n) is 3.15. The highest BCUT2D eigenvalue weighted by Gasteiger charge is 2.49. The molecule has 36 heavy (non-hydrogen) atoms. The third kappa shape index (κ3) is 9.06. The van der Waals surface area contributed by atoms with E-state index in [4.69, 9.17) is 38.7 Å². The van der Waals surface area contributed by atoms with Crippen LogP contribution in [0.25, 0.3) is 0 Å². The van der Waals surface area contributed by atoms with Crippen molar-refractivity contribution < 1.29 is 85.8 Å². The molecular weight excluding hydrogens is 570 g/mol. The van der Waals surface area contributed by atoms with E-state index in [-0.39, 0.29) is 0 Å². The lowest BCUT2D eigenvalue weighted by Crippen LogP contribution is -2.64. The normalized spacial score (nSPS) is 34.0. The highest BCUT2D eigenvalue weighted by Crippen LogP contribution is 2.28. The number of aliphatic carboxylic acids is 1. The van der Waals surface area contributed by atoms with Gasteiger partial charge in [0.25, 0.3) is 0 Å². The monoisotopic (exact) mass is 591 g/mol. The van der Waals surface area contributed by atoms with E-state index in [0.29, 0.717) is 6.08 Å². The molecule has 0 bridgehead atoms. The molecule has 0 aromatic rings. The first-order chi connectivity index (χ1) is 16.3. The Balaban J connectivity index is 2.35. The number of ether oxygens (including phenoxy) is 3. The molecule has 20 nitrogen and oxygen atoms in total. The van der Waals surface area contributed by atoms with E-state index in [0.717, 1.165) is 0 Å². The van der Waals surface area contributed by atoms with Crippen LogP contribution in [0.3, 0.4) is 0 Å². The summed E-state index contributed by atoms with van der Waals surface area (Å²) in [7, 11) is -15.7. The molecular formula is C13H21NO19S3. The zero-order valence-electron chi connectivity index (χ0n) is 17.4. The van der Waals surface area contributed by atoms with Gasteiger partial charge in [-0.15, -0.1) is 0 Å². The molecule has 1 unspecified atom stereocenters. The Morgan fingerprint density at radius 2 is 1.44 bits per heavy atom. The van der Waals surface area contributed by atoms with Crippen molar-refractivity contribution in [3.63, 3.8) is 0 Å². The van der Waals surface area contributed by atoms with Gasteiger partial charge in [-0.3, -0.25) is 13.7 Å². The maximum Gasteiger partial charge on any atom is 0.397 e. The molecule has 0 spiro atoms. The minimum absolute atomic E-state index is 0.533. The van der Waals surface area contributed by atoms with Crippen LogP contribution in [-0.2, 0) is 62.8 Å². The number of hydrogen-bond acceptors (Lipinski definition) is 16. The van der Waals surface area contributed by atoms with Crippen molar-refractivity contribution in [3.8, 4) is 0 Å². The largest absolute Gasteiger partial charge is 0.478 e. The summed E-state index contributed by atoms with van der Waals surface area (Å²) in [5.41, 5.74) is 5.70. The van der Waals surface area contributed by atoms with Gasteiger partial charge < -0.3 is 35.3 Å². The predicted octanol–water partition coefficient (Wildman–Crippen LogP) is -4.66. The number of carboxylic acid groups (broad SMARTS) is 1. The number of carbonyl (C=O) groups is 1. The van der Waals surface area contributed by atoms with E-state index in [1.165, 1.54) is 0 Å². The molecule has 23 heteroatoms. The van der Waals surface area contributed by atoms with E-state index in [2.05, 4.69) is 12.5 Å². The van der Waals surface area contributed by atoms with Crippen LogP contribution in [0.15, 0.2) is 11.8 Å². The lowest BCUT2D eigenvalue weighted by molar-refractivity contribution is -0.255. The second kappa shape index (κ2) is 11.4. The standard InChI is InChI=1S/C13H21NO19S3/c14-8-11(10(33-36(25,26)27)7(31-13(8)18)3-29-34(19,20)21)28-2-6-9(32-35(22,23)24)4(15)1-5(30-6)12(16)17/h1,4,6-11,13,15,18H,2-3,14H2,(H,16,17)(H,19,20,21)(H,22,23,24)(H,25,26,27)/t4-,6-,7+,8+,9+,10-,11+,13?/m0/s1. The first-order valence-electron chi connectivity index (χ1n) is 9.21. The molecule has 0 radical (unpaired) electrons. The van der Waals surface area contributed by atoms with Gasteiger partial charge in [-0.25, -0.2) is 17.3 Å². The van der Waals surface area contributed by atoms with Crippen molar-refractivity contribution in [2.45, 2.75) is 49.0 Å².